The first-order chi connectivity index (χ1) is 6.52. The molecule has 5 nitrogen and oxygen atoms in total. The Kier molecular flexibility index (Phi) is 3.33. The summed E-state index contributed by atoms with van der Waals surface area (Å²) in [6.45, 7) is 0. The summed E-state index contributed by atoms with van der Waals surface area (Å²) in [5.41, 5.74) is 5.40. The molecular weight excluding hydrogens is 182 g/mol. The lowest BCUT2D eigenvalue weighted by Gasteiger charge is -2.32. The van der Waals surface area contributed by atoms with E-state index < -0.39 is 6.09 Å². The fourth-order valence-corrected chi connectivity index (χ4v) is 1.93. The molecule has 0 saturated heterocycles. The first kappa shape index (κ1) is 10.8. The number of hydrogen-bond donors (Lipinski definition) is 3. The largest absolute Gasteiger partial charge is 0.465 e. The maximum atomic E-state index is 10.7. The minimum Gasteiger partial charge on any atom is -0.465 e. The Labute approximate surface area is 83.4 Å². The summed E-state index contributed by atoms with van der Waals surface area (Å²) in [5, 5.41) is 16.1. The highest BCUT2D eigenvalue weighted by molar-refractivity contribution is 5.79. The molecule has 1 fully saturated rings. The van der Waals surface area contributed by atoms with E-state index >= 15 is 0 Å². The van der Waals surface area contributed by atoms with E-state index in [1.165, 1.54) is 4.90 Å². The van der Waals surface area contributed by atoms with Crippen molar-refractivity contribution < 1.29 is 9.90 Å². The van der Waals surface area contributed by atoms with E-state index in [0.29, 0.717) is 0 Å². The van der Waals surface area contributed by atoms with Gasteiger partial charge in [-0.2, -0.15) is 0 Å². The van der Waals surface area contributed by atoms with Crippen LogP contribution < -0.4 is 5.73 Å². The van der Waals surface area contributed by atoms with Crippen LogP contribution in [0, 0.1) is 11.3 Å². The van der Waals surface area contributed by atoms with Gasteiger partial charge in [0.2, 0.25) is 0 Å². The summed E-state index contributed by atoms with van der Waals surface area (Å²) < 4.78 is 0. The predicted octanol–water partition coefficient (Wildman–Crippen LogP) is 1.09. The second kappa shape index (κ2) is 4.30. The van der Waals surface area contributed by atoms with Gasteiger partial charge in [-0.1, -0.05) is 0 Å². The van der Waals surface area contributed by atoms with Crippen LogP contribution in [0.1, 0.15) is 25.7 Å². The zero-order valence-corrected chi connectivity index (χ0v) is 8.36. The molecule has 1 rings (SSSR count). The van der Waals surface area contributed by atoms with Crippen molar-refractivity contribution in [2.45, 2.75) is 31.7 Å². The molecule has 0 aromatic rings. The summed E-state index contributed by atoms with van der Waals surface area (Å²) >= 11 is 0. The van der Waals surface area contributed by atoms with Crippen LogP contribution in [0.5, 0.6) is 0 Å². The normalized spacial score (nSPS) is 26.9. The molecule has 0 radical (unpaired) electrons. The van der Waals surface area contributed by atoms with E-state index in [2.05, 4.69) is 0 Å². The van der Waals surface area contributed by atoms with Crippen molar-refractivity contribution in [2.75, 3.05) is 7.05 Å². The van der Waals surface area contributed by atoms with Crippen molar-refractivity contribution in [3.63, 3.8) is 0 Å². The molecule has 0 atom stereocenters. The topological polar surface area (TPSA) is 90.4 Å². The average molecular weight is 199 g/mol. The van der Waals surface area contributed by atoms with Crippen LogP contribution in [0.4, 0.5) is 4.79 Å². The van der Waals surface area contributed by atoms with Crippen molar-refractivity contribution in [1.82, 2.24) is 4.90 Å². The molecule has 0 spiro atoms. The number of rotatable bonds is 2. The molecule has 1 aliphatic carbocycles. The third-order valence-corrected chi connectivity index (χ3v) is 2.99. The summed E-state index contributed by atoms with van der Waals surface area (Å²) in [4.78, 5) is 12.0. The van der Waals surface area contributed by atoms with Gasteiger partial charge in [-0.05, 0) is 25.7 Å². The number of nitrogens with one attached hydrogen (secondary N) is 1. The Morgan fingerprint density at radius 2 is 1.93 bits per heavy atom. The lowest BCUT2D eigenvalue weighted by Crippen LogP contribution is -2.40. The maximum Gasteiger partial charge on any atom is 0.407 e. The van der Waals surface area contributed by atoms with E-state index in [4.69, 9.17) is 16.2 Å². The van der Waals surface area contributed by atoms with Crippen LogP contribution in [-0.4, -0.2) is 35.0 Å². The van der Waals surface area contributed by atoms with Crippen LogP contribution in [-0.2, 0) is 0 Å². The molecule has 1 amide bonds. The van der Waals surface area contributed by atoms with Crippen LogP contribution >= 0.6 is 0 Å². The molecule has 0 heterocycles. The van der Waals surface area contributed by atoms with Gasteiger partial charge in [0.05, 0.1) is 5.84 Å². The number of nitrogens with zero attached hydrogens (tertiary/aromatic N) is 1. The van der Waals surface area contributed by atoms with Gasteiger partial charge in [0.25, 0.3) is 0 Å². The summed E-state index contributed by atoms with van der Waals surface area (Å²) in [6.07, 6.45) is 2.41. The lowest BCUT2D eigenvalue weighted by molar-refractivity contribution is 0.123. The molecule has 0 unspecified atom stereocenters. The Balaban J connectivity index is 2.43. The van der Waals surface area contributed by atoms with Crippen LogP contribution in [0.15, 0.2) is 0 Å². The van der Waals surface area contributed by atoms with Gasteiger partial charge in [-0.25, -0.2) is 4.79 Å². The molecular formula is C9H17N3O2. The van der Waals surface area contributed by atoms with E-state index in [1.807, 2.05) is 0 Å². The highest BCUT2D eigenvalue weighted by Crippen LogP contribution is 2.26. The fourth-order valence-electron chi connectivity index (χ4n) is 1.93. The molecule has 0 aromatic carbocycles. The van der Waals surface area contributed by atoms with Gasteiger partial charge >= 0.3 is 6.09 Å². The second-order valence-corrected chi connectivity index (χ2v) is 3.85. The highest BCUT2D eigenvalue weighted by Gasteiger charge is 2.27. The van der Waals surface area contributed by atoms with E-state index in [1.54, 1.807) is 7.05 Å². The van der Waals surface area contributed by atoms with Gasteiger partial charge in [0, 0.05) is 19.0 Å². The third kappa shape index (κ3) is 2.37. The Morgan fingerprint density at radius 1 is 1.43 bits per heavy atom. The van der Waals surface area contributed by atoms with Crippen LogP contribution in [0.25, 0.3) is 0 Å². The first-order valence-electron chi connectivity index (χ1n) is 4.82. The van der Waals surface area contributed by atoms with Gasteiger partial charge in [-0.3, -0.25) is 5.41 Å². The third-order valence-electron chi connectivity index (χ3n) is 2.99. The first-order valence-corrected chi connectivity index (χ1v) is 4.82. The molecule has 0 aromatic heterocycles. The quantitative estimate of drug-likeness (QED) is 0.459. The van der Waals surface area contributed by atoms with Crippen LogP contribution in [0.2, 0.25) is 0 Å². The van der Waals surface area contributed by atoms with E-state index in [-0.39, 0.29) is 17.8 Å². The van der Waals surface area contributed by atoms with E-state index in [9.17, 15) is 4.79 Å². The van der Waals surface area contributed by atoms with E-state index in [0.717, 1.165) is 25.7 Å². The second-order valence-electron chi connectivity index (χ2n) is 3.85. The van der Waals surface area contributed by atoms with Gasteiger partial charge < -0.3 is 15.7 Å². The van der Waals surface area contributed by atoms with Gasteiger partial charge in [0.1, 0.15) is 0 Å². The average Bonchev–Trinajstić information content (AvgIpc) is 2.16. The molecule has 0 aliphatic heterocycles. The van der Waals surface area contributed by atoms with Gasteiger partial charge in [0.15, 0.2) is 0 Å². The molecule has 14 heavy (non-hydrogen) atoms. The monoisotopic (exact) mass is 199 g/mol. The molecule has 1 saturated carbocycles. The summed E-state index contributed by atoms with van der Waals surface area (Å²) in [7, 11) is 1.60. The number of carbonyl (C=O) groups is 1. The number of nitrogens with two attached hydrogens (primary N) is 1. The summed E-state index contributed by atoms with van der Waals surface area (Å²) in [5.74, 6) is 0.398. The fraction of sp³-hybridized carbons (Fsp3) is 0.778. The zero-order valence-electron chi connectivity index (χ0n) is 8.36. The Hall–Kier alpha value is -1.26. The lowest BCUT2D eigenvalue weighted by atomic mass is 9.85. The van der Waals surface area contributed by atoms with Crippen molar-refractivity contribution in [3.05, 3.63) is 0 Å². The minimum absolute atomic E-state index is 0.100. The molecule has 80 valence electrons. The number of amides is 1. The van der Waals surface area contributed by atoms with Crippen molar-refractivity contribution in [1.29, 1.82) is 5.41 Å². The SMILES string of the molecule is CN(C(=O)O)[C@H]1CC[C@H](C(=N)N)CC1. The zero-order chi connectivity index (χ0) is 10.7. The van der Waals surface area contributed by atoms with Crippen molar-refractivity contribution in [3.8, 4) is 0 Å². The maximum absolute atomic E-state index is 10.7. The molecule has 4 N–H and O–H groups in total. The summed E-state index contributed by atoms with van der Waals surface area (Å²) in [6, 6.07) is 0.100. The van der Waals surface area contributed by atoms with Gasteiger partial charge in [-0.15, -0.1) is 0 Å². The number of carboxylic acid groups (broad SMARTS) is 1. The van der Waals surface area contributed by atoms with Crippen molar-refractivity contribution in [2.24, 2.45) is 11.7 Å². The smallest absolute Gasteiger partial charge is 0.407 e. The highest BCUT2D eigenvalue weighted by atomic mass is 16.4. The molecule has 5 heteroatoms. The standard InChI is InChI=1S/C9H17N3O2/c1-12(9(13)14)7-4-2-6(3-5-7)8(10)11/h6-7H,2-5H2,1H3,(H3,10,11)(H,13,14)/t6-,7-. The Bertz CT molecular complexity index is 234. The minimum atomic E-state index is -0.878. The Morgan fingerprint density at radius 3 is 2.29 bits per heavy atom. The predicted molar refractivity (Wildman–Crippen MR) is 53.4 cm³/mol. The molecule has 1 aliphatic rings. The van der Waals surface area contributed by atoms with Crippen LogP contribution in [0.3, 0.4) is 0 Å². The van der Waals surface area contributed by atoms with Crippen molar-refractivity contribution >= 4 is 11.9 Å². The molecule has 0 bridgehead atoms. The number of amidine groups is 1. The number of hydrogen-bond acceptors (Lipinski definition) is 2.